The van der Waals surface area contributed by atoms with Gasteiger partial charge in [-0.15, -0.1) is 0 Å². The van der Waals surface area contributed by atoms with Gasteiger partial charge in [0.05, 0.1) is 35.8 Å². The quantitative estimate of drug-likeness (QED) is 0.445. The lowest BCUT2D eigenvalue weighted by Crippen LogP contribution is -2.37. The molecule has 0 fully saturated rings. The number of anilines is 1. The molecular formula is C24H20FN7O. The van der Waals surface area contributed by atoms with Gasteiger partial charge < -0.3 is 15.0 Å². The molecular weight excluding hydrogens is 421 g/mol. The molecule has 1 unspecified atom stereocenters. The number of fused-ring (bicyclic) bond motifs is 2. The van der Waals surface area contributed by atoms with Crippen LogP contribution in [0.3, 0.4) is 0 Å². The van der Waals surface area contributed by atoms with Crippen LogP contribution in [0.1, 0.15) is 40.5 Å². The molecule has 0 spiro atoms. The van der Waals surface area contributed by atoms with Crippen molar-refractivity contribution in [2.75, 3.05) is 11.4 Å². The lowest BCUT2D eigenvalue weighted by molar-refractivity contribution is 0.215. The molecule has 4 aromatic heterocycles. The van der Waals surface area contributed by atoms with E-state index in [1.165, 1.54) is 10.6 Å². The van der Waals surface area contributed by atoms with Crippen molar-refractivity contribution in [2.45, 2.75) is 18.6 Å². The van der Waals surface area contributed by atoms with Crippen molar-refractivity contribution in [3.63, 3.8) is 0 Å². The van der Waals surface area contributed by atoms with E-state index in [2.05, 4.69) is 29.9 Å². The van der Waals surface area contributed by atoms with E-state index in [0.717, 1.165) is 23.4 Å². The largest absolute Gasteiger partial charge is 0.382 e. The fourth-order valence-electron chi connectivity index (χ4n) is 4.38. The van der Waals surface area contributed by atoms with Gasteiger partial charge in [-0.1, -0.05) is 30.3 Å². The van der Waals surface area contributed by atoms with E-state index in [9.17, 15) is 9.50 Å². The number of aromatic nitrogens is 6. The highest BCUT2D eigenvalue weighted by Crippen LogP contribution is 2.36. The van der Waals surface area contributed by atoms with Crippen molar-refractivity contribution in [2.24, 2.45) is 0 Å². The van der Waals surface area contributed by atoms with Crippen molar-refractivity contribution in [1.82, 2.24) is 29.5 Å². The maximum absolute atomic E-state index is 14.3. The number of aliphatic hydroxyl groups excluding tert-OH is 1. The molecule has 5 heterocycles. The summed E-state index contributed by atoms with van der Waals surface area (Å²) in [5.41, 5.74) is 4.15. The minimum atomic E-state index is -0.857. The first kappa shape index (κ1) is 19.6. The number of benzene rings is 1. The van der Waals surface area contributed by atoms with Crippen LogP contribution in [0.25, 0.3) is 5.52 Å². The summed E-state index contributed by atoms with van der Waals surface area (Å²) in [5, 5.41) is 15.3. The van der Waals surface area contributed by atoms with Crippen molar-refractivity contribution >= 4 is 11.3 Å². The summed E-state index contributed by atoms with van der Waals surface area (Å²) in [5.74, 6) is 0.301. The van der Waals surface area contributed by atoms with Crippen molar-refractivity contribution in [1.29, 1.82) is 0 Å². The Labute approximate surface area is 188 Å². The number of halogens is 1. The molecule has 164 valence electrons. The standard InChI is InChI=1S/C24H20FN7O/c25-16-7-4-9-32-20(16)11-18(30-32)23-22-17(28-14-29-22)8-10-31(23)21-13-26-19(12-27-21)24(33)15-5-2-1-3-6-15/h1-7,9,11-14,23-24,33H,8,10H2,(H,28,29)/t23-,24?/m1/s1. The average Bonchev–Trinajstić information content (AvgIpc) is 3.51. The molecule has 2 atom stereocenters. The minimum Gasteiger partial charge on any atom is -0.382 e. The van der Waals surface area contributed by atoms with Gasteiger partial charge >= 0.3 is 0 Å². The van der Waals surface area contributed by atoms with Crippen LogP contribution in [0, 0.1) is 5.82 Å². The molecule has 6 rings (SSSR count). The number of rotatable bonds is 4. The number of aromatic amines is 1. The summed E-state index contributed by atoms with van der Waals surface area (Å²) in [6.07, 6.45) is 6.53. The van der Waals surface area contributed by atoms with E-state index >= 15 is 0 Å². The maximum Gasteiger partial charge on any atom is 0.148 e. The predicted octanol–water partition coefficient (Wildman–Crippen LogP) is 3.22. The van der Waals surface area contributed by atoms with Crippen LogP contribution < -0.4 is 4.90 Å². The number of hydrogen-bond acceptors (Lipinski definition) is 6. The van der Waals surface area contributed by atoms with Gasteiger partial charge in [-0.25, -0.2) is 18.9 Å². The fourth-order valence-corrected chi connectivity index (χ4v) is 4.38. The van der Waals surface area contributed by atoms with Gasteiger partial charge in [-0.05, 0) is 23.8 Å². The predicted molar refractivity (Wildman–Crippen MR) is 119 cm³/mol. The van der Waals surface area contributed by atoms with Gasteiger partial charge in [0.25, 0.3) is 0 Å². The lowest BCUT2D eigenvalue weighted by atomic mass is 10.00. The van der Waals surface area contributed by atoms with E-state index in [1.54, 1.807) is 37.1 Å². The second-order valence-electron chi connectivity index (χ2n) is 7.98. The summed E-state index contributed by atoms with van der Waals surface area (Å²) in [6, 6.07) is 13.8. The third-order valence-corrected chi connectivity index (χ3v) is 6.02. The topological polar surface area (TPSA) is 95.2 Å². The Bertz CT molecular complexity index is 1410. The third kappa shape index (κ3) is 3.33. The lowest BCUT2D eigenvalue weighted by Gasteiger charge is -2.34. The maximum atomic E-state index is 14.3. The number of nitrogens with zero attached hydrogens (tertiary/aromatic N) is 6. The SMILES string of the molecule is OC(c1ccccc1)c1cnc(N2CCc3[nH]cnc3[C@H]2c2cc3c(F)cccn3n2)cn1. The van der Waals surface area contributed by atoms with Crippen LogP contribution in [-0.4, -0.2) is 41.2 Å². The van der Waals surface area contributed by atoms with Gasteiger partial charge in [-0.3, -0.25) is 4.98 Å². The van der Waals surface area contributed by atoms with Crippen molar-refractivity contribution < 1.29 is 9.50 Å². The summed E-state index contributed by atoms with van der Waals surface area (Å²) >= 11 is 0. The average molecular weight is 441 g/mol. The molecule has 0 saturated carbocycles. The van der Waals surface area contributed by atoms with E-state index in [0.29, 0.717) is 29.3 Å². The number of nitrogens with one attached hydrogen (secondary N) is 1. The molecule has 0 saturated heterocycles. The first-order chi connectivity index (χ1) is 16.2. The van der Waals surface area contributed by atoms with Crippen molar-refractivity contribution in [3.05, 3.63) is 108 Å². The zero-order valence-corrected chi connectivity index (χ0v) is 17.5. The van der Waals surface area contributed by atoms with Crippen molar-refractivity contribution in [3.8, 4) is 0 Å². The number of imidazole rings is 1. The molecule has 1 aliphatic rings. The number of H-pyrrole nitrogens is 1. The fraction of sp³-hybridized carbons (Fsp3) is 0.167. The molecule has 0 aliphatic carbocycles. The Balaban J connectivity index is 1.38. The Morgan fingerprint density at radius 2 is 1.94 bits per heavy atom. The zero-order chi connectivity index (χ0) is 22.4. The summed E-state index contributed by atoms with van der Waals surface area (Å²) in [6.45, 7) is 0.658. The number of pyridine rings is 1. The number of hydrogen-bond donors (Lipinski definition) is 2. The Morgan fingerprint density at radius 3 is 2.73 bits per heavy atom. The van der Waals surface area contributed by atoms with Crippen LogP contribution >= 0.6 is 0 Å². The monoisotopic (exact) mass is 441 g/mol. The second kappa shape index (κ2) is 7.79. The van der Waals surface area contributed by atoms with Crippen LogP contribution in [-0.2, 0) is 6.42 Å². The Kier molecular flexibility index (Phi) is 4.62. The highest BCUT2D eigenvalue weighted by Gasteiger charge is 2.34. The van der Waals surface area contributed by atoms with E-state index in [-0.39, 0.29) is 11.9 Å². The molecule has 33 heavy (non-hydrogen) atoms. The van der Waals surface area contributed by atoms with Crippen LogP contribution in [0.5, 0.6) is 0 Å². The molecule has 0 amide bonds. The second-order valence-corrected chi connectivity index (χ2v) is 7.98. The van der Waals surface area contributed by atoms with E-state index in [1.807, 2.05) is 30.3 Å². The van der Waals surface area contributed by atoms with Crippen LogP contribution in [0.2, 0.25) is 0 Å². The first-order valence-corrected chi connectivity index (χ1v) is 10.7. The number of aliphatic hydroxyl groups is 1. The Hall–Kier alpha value is -4.11. The molecule has 1 aliphatic heterocycles. The molecule has 2 N–H and O–H groups in total. The highest BCUT2D eigenvalue weighted by molar-refractivity contribution is 5.54. The molecule has 8 nitrogen and oxygen atoms in total. The van der Waals surface area contributed by atoms with Gasteiger partial charge in [-0.2, -0.15) is 5.10 Å². The molecule has 0 bridgehead atoms. The highest BCUT2D eigenvalue weighted by atomic mass is 19.1. The van der Waals surface area contributed by atoms with Gasteiger partial charge in [0.15, 0.2) is 0 Å². The summed E-state index contributed by atoms with van der Waals surface area (Å²) < 4.78 is 15.9. The van der Waals surface area contributed by atoms with Crippen LogP contribution in [0.4, 0.5) is 10.2 Å². The molecule has 9 heteroatoms. The van der Waals surface area contributed by atoms with Gasteiger partial charge in [0.1, 0.15) is 29.3 Å². The van der Waals surface area contributed by atoms with E-state index in [4.69, 9.17) is 0 Å². The zero-order valence-electron chi connectivity index (χ0n) is 17.5. The smallest absolute Gasteiger partial charge is 0.148 e. The molecule has 1 aromatic carbocycles. The molecule has 0 radical (unpaired) electrons. The van der Waals surface area contributed by atoms with Gasteiger partial charge in [0, 0.05) is 24.9 Å². The summed E-state index contributed by atoms with van der Waals surface area (Å²) in [4.78, 5) is 18.9. The summed E-state index contributed by atoms with van der Waals surface area (Å²) in [7, 11) is 0. The Morgan fingerprint density at radius 1 is 1.06 bits per heavy atom. The normalized spacial score (nSPS) is 16.7. The molecule has 5 aromatic rings. The van der Waals surface area contributed by atoms with Crippen LogP contribution in [0.15, 0.2) is 73.4 Å². The third-order valence-electron chi connectivity index (χ3n) is 6.02. The minimum absolute atomic E-state index is 0.333. The van der Waals surface area contributed by atoms with Gasteiger partial charge in [0.2, 0.25) is 0 Å². The van der Waals surface area contributed by atoms with E-state index < -0.39 is 6.10 Å². The first-order valence-electron chi connectivity index (χ1n) is 10.7.